The van der Waals surface area contributed by atoms with Crippen LogP contribution in [-0.2, 0) is 14.2 Å². The molecule has 0 radical (unpaired) electrons. The summed E-state index contributed by atoms with van der Waals surface area (Å²) in [6.45, 7) is 4.10. The van der Waals surface area contributed by atoms with E-state index in [4.69, 9.17) is 23.7 Å². The first-order valence-corrected chi connectivity index (χ1v) is 12.3. The van der Waals surface area contributed by atoms with E-state index >= 15 is 0 Å². The molecule has 0 bridgehead atoms. The third-order valence-electron chi connectivity index (χ3n) is 4.93. The van der Waals surface area contributed by atoms with Gasteiger partial charge in [-0.15, -0.1) is 0 Å². The zero-order valence-corrected chi connectivity index (χ0v) is 19.0. The van der Waals surface area contributed by atoms with Crippen LogP contribution in [0.1, 0.15) is 0 Å². The first-order chi connectivity index (χ1) is 15.9. The lowest BCUT2D eigenvalue weighted by atomic mass is 10.3. The van der Waals surface area contributed by atoms with Gasteiger partial charge in [0.25, 0.3) is 0 Å². The fourth-order valence-electron chi connectivity index (χ4n) is 3.43. The lowest BCUT2D eigenvalue weighted by molar-refractivity contribution is 0.00708. The average molecular weight is 452 g/mol. The molecular weight excluding hydrogens is 423 g/mol. The maximum Gasteiger partial charge on any atom is 0.161 e. The summed E-state index contributed by atoms with van der Waals surface area (Å²) in [7, 11) is -0.717. The van der Waals surface area contributed by atoms with Gasteiger partial charge in [-0.1, -0.05) is 60.7 Å². The molecule has 0 saturated carbocycles. The van der Waals surface area contributed by atoms with E-state index < -0.39 is 7.92 Å². The van der Waals surface area contributed by atoms with Crippen molar-refractivity contribution < 1.29 is 23.7 Å². The minimum atomic E-state index is -0.717. The summed E-state index contributed by atoms with van der Waals surface area (Å²) in [6, 6.07) is 27.5. The highest BCUT2D eigenvalue weighted by molar-refractivity contribution is 7.79. The number of ether oxygens (including phenoxy) is 5. The van der Waals surface area contributed by atoms with Crippen LogP contribution in [0.2, 0.25) is 0 Å². The Labute approximate surface area is 191 Å². The van der Waals surface area contributed by atoms with Crippen LogP contribution in [0.5, 0.6) is 11.5 Å². The van der Waals surface area contributed by atoms with Crippen LogP contribution in [0, 0.1) is 0 Å². The molecule has 168 valence electrons. The number of fused-ring (bicyclic) bond motifs is 1. The van der Waals surface area contributed by atoms with Gasteiger partial charge in [-0.2, -0.15) is 0 Å². The Morgan fingerprint density at radius 2 is 0.906 bits per heavy atom. The topological polar surface area (TPSA) is 46.2 Å². The van der Waals surface area contributed by atoms with Crippen molar-refractivity contribution in [3.05, 3.63) is 78.9 Å². The minimum Gasteiger partial charge on any atom is -0.487 e. The van der Waals surface area contributed by atoms with Gasteiger partial charge in [-0.25, -0.2) is 0 Å². The van der Waals surface area contributed by atoms with Crippen molar-refractivity contribution >= 4 is 23.8 Å². The lowest BCUT2D eigenvalue weighted by Crippen LogP contribution is -2.21. The van der Waals surface area contributed by atoms with Crippen molar-refractivity contribution in [2.45, 2.75) is 0 Å². The molecule has 3 aromatic rings. The van der Waals surface area contributed by atoms with Gasteiger partial charge in [0.15, 0.2) is 11.5 Å². The summed E-state index contributed by atoms with van der Waals surface area (Å²) in [5.74, 6) is 1.45. The molecule has 0 saturated heterocycles. The van der Waals surface area contributed by atoms with Crippen LogP contribution >= 0.6 is 7.92 Å². The van der Waals surface area contributed by atoms with Crippen LogP contribution in [0.3, 0.4) is 0 Å². The highest BCUT2D eigenvalue weighted by atomic mass is 31.1. The second kappa shape index (κ2) is 12.6. The molecule has 1 heterocycles. The Morgan fingerprint density at radius 1 is 0.438 bits per heavy atom. The minimum absolute atomic E-state index is 0.449. The Kier molecular flexibility index (Phi) is 8.94. The molecular formula is C26H29O5P. The fourth-order valence-corrected chi connectivity index (χ4v) is 5.74. The number of rotatable bonds is 3. The second-order valence-corrected chi connectivity index (χ2v) is 9.39. The molecule has 1 aliphatic heterocycles. The highest BCUT2D eigenvalue weighted by Crippen LogP contribution is 2.36. The largest absolute Gasteiger partial charge is 0.487 e. The molecule has 32 heavy (non-hydrogen) atoms. The molecule has 1 aliphatic rings. The molecule has 5 nitrogen and oxygen atoms in total. The average Bonchev–Trinajstić information content (AvgIpc) is 2.85. The van der Waals surface area contributed by atoms with Gasteiger partial charge < -0.3 is 23.7 Å². The van der Waals surface area contributed by atoms with Crippen LogP contribution < -0.4 is 25.4 Å². The van der Waals surface area contributed by atoms with E-state index in [1.54, 1.807) is 0 Å². The molecule has 0 aromatic heterocycles. The van der Waals surface area contributed by atoms with Crippen LogP contribution in [0.4, 0.5) is 0 Å². The van der Waals surface area contributed by atoms with Crippen LogP contribution in [-0.4, -0.2) is 52.9 Å². The van der Waals surface area contributed by atoms with Gasteiger partial charge in [0.2, 0.25) is 0 Å². The Balaban J connectivity index is 1.61. The first kappa shape index (κ1) is 22.8. The van der Waals surface area contributed by atoms with Crippen molar-refractivity contribution in [3.63, 3.8) is 0 Å². The van der Waals surface area contributed by atoms with E-state index in [1.165, 1.54) is 15.9 Å². The summed E-state index contributed by atoms with van der Waals surface area (Å²) in [4.78, 5) is 0. The maximum absolute atomic E-state index is 6.10. The van der Waals surface area contributed by atoms with Crippen molar-refractivity contribution in [2.75, 3.05) is 52.9 Å². The Hall–Kier alpha value is -2.43. The normalized spacial score (nSPS) is 16.2. The standard InChI is InChI=1S/C26H29O5P/c1-3-7-22(8-4-1)32(23-9-5-2-6-10-23)24-11-12-25-26(21-24)31-20-18-29-16-14-27-13-15-28-17-19-30-25/h1-12,21H,13-20H2. The van der Waals surface area contributed by atoms with Crippen LogP contribution in [0.15, 0.2) is 78.9 Å². The molecule has 0 fully saturated rings. The van der Waals surface area contributed by atoms with Crippen molar-refractivity contribution in [1.29, 1.82) is 0 Å². The van der Waals surface area contributed by atoms with Gasteiger partial charge in [0, 0.05) is 0 Å². The van der Waals surface area contributed by atoms with Crippen molar-refractivity contribution in [1.82, 2.24) is 0 Å². The summed E-state index contributed by atoms with van der Waals surface area (Å²) in [6.07, 6.45) is 0. The van der Waals surface area contributed by atoms with Gasteiger partial charge in [-0.05, 0) is 42.0 Å². The van der Waals surface area contributed by atoms with E-state index in [9.17, 15) is 0 Å². The zero-order valence-electron chi connectivity index (χ0n) is 18.2. The second-order valence-electron chi connectivity index (χ2n) is 7.17. The summed E-state index contributed by atoms with van der Waals surface area (Å²) < 4.78 is 28.7. The SMILES string of the molecule is c1ccc(P(c2ccccc2)c2ccc3c(c2)OCCOCCOCCOCCO3)cc1. The quantitative estimate of drug-likeness (QED) is 0.571. The highest BCUT2D eigenvalue weighted by Gasteiger charge is 2.18. The molecule has 4 rings (SSSR count). The smallest absolute Gasteiger partial charge is 0.161 e. The first-order valence-electron chi connectivity index (χ1n) is 10.9. The summed E-state index contributed by atoms with van der Waals surface area (Å²) in [5.41, 5.74) is 0. The maximum atomic E-state index is 6.10. The molecule has 3 aromatic carbocycles. The molecule has 6 heteroatoms. The van der Waals surface area contributed by atoms with E-state index in [0.717, 1.165) is 11.5 Å². The van der Waals surface area contributed by atoms with Crippen molar-refractivity contribution in [3.8, 4) is 11.5 Å². The molecule has 0 spiro atoms. The van der Waals surface area contributed by atoms with E-state index in [1.807, 2.05) is 6.07 Å². The molecule has 0 unspecified atom stereocenters. The number of benzene rings is 3. The molecule has 0 aliphatic carbocycles. The molecule has 0 N–H and O–H groups in total. The third-order valence-corrected chi connectivity index (χ3v) is 7.35. The Bertz CT molecular complexity index is 896. The lowest BCUT2D eigenvalue weighted by Gasteiger charge is -2.21. The van der Waals surface area contributed by atoms with Crippen molar-refractivity contribution in [2.24, 2.45) is 0 Å². The summed E-state index contributed by atoms with van der Waals surface area (Å²) >= 11 is 0. The predicted molar refractivity (Wildman–Crippen MR) is 129 cm³/mol. The van der Waals surface area contributed by atoms with Crippen LogP contribution in [0.25, 0.3) is 0 Å². The van der Waals surface area contributed by atoms with Gasteiger partial charge >= 0.3 is 0 Å². The third kappa shape index (κ3) is 6.54. The number of hydrogen-bond donors (Lipinski definition) is 0. The fraction of sp³-hybridized carbons (Fsp3) is 0.308. The molecule has 0 atom stereocenters. The van der Waals surface area contributed by atoms with Gasteiger partial charge in [-0.3, -0.25) is 0 Å². The van der Waals surface area contributed by atoms with E-state index in [2.05, 4.69) is 72.8 Å². The van der Waals surface area contributed by atoms with E-state index in [0.29, 0.717) is 52.9 Å². The van der Waals surface area contributed by atoms with Gasteiger partial charge in [0.1, 0.15) is 13.2 Å². The number of hydrogen-bond acceptors (Lipinski definition) is 5. The Morgan fingerprint density at radius 3 is 1.44 bits per heavy atom. The zero-order chi connectivity index (χ0) is 21.8. The van der Waals surface area contributed by atoms with E-state index in [-0.39, 0.29) is 0 Å². The van der Waals surface area contributed by atoms with Gasteiger partial charge in [0.05, 0.1) is 39.6 Å². The predicted octanol–water partition coefficient (Wildman–Crippen LogP) is 3.27. The summed E-state index contributed by atoms with van der Waals surface area (Å²) in [5, 5.41) is 3.80. The monoisotopic (exact) mass is 452 g/mol. The molecule has 0 amide bonds.